The average Bonchev–Trinajstić information content (AvgIpc) is 2.30. The van der Waals surface area contributed by atoms with E-state index in [1.165, 1.54) is 4.90 Å². The van der Waals surface area contributed by atoms with Crippen LogP contribution < -0.4 is 5.32 Å². The molecule has 2 amide bonds. The van der Waals surface area contributed by atoms with Crippen LogP contribution in [0.2, 0.25) is 0 Å². The Balaban J connectivity index is 4.44. The minimum atomic E-state index is -4.54. The van der Waals surface area contributed by atoms with Crippen LogP contribution in [0.3, 0.4) is 0 Å². The Morgan fingerprint density at radius 2 is 1.81 bits per heavy atom. The zero-order valence-electron chi connectivity index (χ0n) is 11.9. The molecular formula is C12H19F3N2O4. The molecule has 0 rings (SSSR count). The number of carboxylic acid groups (broad SMARTS) is 1. The smallest absolute Gasteiger partial charge is 0.405 e. The maximum absolute atomic E-state index is 11.9. The Morgan fingerprint density at radius 1 is 1.24 bits per heavy atom. The molecule has 0 aliphatic carbocycles. The number of nitrogens with one attached hydrogen (secondary N) is 1. The van der Waals surface area contributed by atoms with E-state index in [1.54, 1.807) is 19.2 Å². The molecular weight excluding hydrogens is 293 g/mol. The predicted molar refractivity (Wildman–Crippen MR) is 67.4 cm³/mol. The van der Waals surface area contributed by atoms with E-state index in [1.807, 2.05) is 0 Å². The monoisotopic (exact) mass is 312 g/mol. The summed E-state index contributed by atoms with van der Waals surface area (Å²) < 4.78 is 35.8. The first-order valence-corrected chi connectivity index (χ1v) is 6.34. The molecule has 0 bridgehead atoms. The number of nitrogens with zero attached hydrogens (tertiary/aromatic N) is 1. The third kappa shape index (κ3) is 10.6. The van der Waals surface area contributed by atoms with E-state index in [2.05, 4.69) is 0 Å². The summed E-state index contributed by atoms with van der Waals surface area (Å²) in [6.07, 6.45) is -5.56. The highest BCUT2D eigenvalue weighted by atomic mass is 19.4. The molecule has 6 nitrogen and oxygen atoms in total. The van der Waals surface area contributed by atoms with Crippen LogP contribution in [0.25, 0.3) is 0 Å². The Kier molecular flexibility index (Phi) is 7.75. The standard InChI is InChI=1S/C12H19F3N2O4/c1-8(2)6-17(4-3-11(20)21)10(19)5-9(18)16-7-12(13,14)15/h8H,3-7H2,1-2H3,(H,16,18)(H,20,21). The normalized spacial score (nSPS) is 11.3. The number of alkyl halides is 3. The van der Waals surface area contributed by atoms with E-state index in [4.69, 9.17) is 5.11 Å². The molecule has 0 saturated heterocycles. The highest BCUT2D eigenvalue weighted by Gasteiger charge is 2.28. The molecule has 0 spiro atoms. The number of hydrogen-bond acceptors (Lipinski definition) is 3. The van der Waals surface area contributed by atoms with Gasteiger partial charge in [0, 0.05) is 13.1 Å². The van der Waals surface area contributed by atoms with Gasteiger partial charge in [-0.1, -0.05) is 13.8 Å². The average molecular weight is 312 g/mol. The van der Waals surface area contributed by atoms with Gasteiger partial charge in [-0.05, 0) is 5.92 Å². The molecule has 0 fully saturated rings. The lowest BCUT2D eigenvalue weighted by Gasteiger charge is -2.23. The number of aliphatic carboxylic acids is 1. The molecule has 122 valence electrons. The SMILES string of the molecule is CC(C)CN(CCC(=O)O)C(=O)CC(=O)NCC(F)(F)F. The van der Waals surface area contributed by atoms with Crippen LogP contribution in [-0.2, 0) is 14.4 Å². The summed E-state index contributed by atoms with van der Waals surface area (Å²) in [5.41, 5.74) is 0. The first-order chi connectivity index (χ1) is 9.51. The van der Waals surface area contributed by atoms with Gasteiger partial charge in [-0.25, -0.2) is 0 Å². The van der Waals surface area contributed by atoms with Crippen molar-refractivity contribution in [1.29, 1.82) is 0 Å². The molecule has 0 aliphatic rings. The van der Waals surface area contributed by atoms with Gasteiger partial charge in [-0.15, -0.1) is 0 Å². The first kappa shape index (κ1) is 19.2. The number of carboxylic acids is 1. The van der Waals surface area contributed by atoms with Crippen LogP contribution in [0.5, 0.6) is 0 Å². The van der Waals surface area contributed by atoms with Gasteiger partial charge in [-0.2, -0.15) is 13.2 Å². The van der Waals surface area contributed by atoms with Crippen LogP contribution in [0.15, 0.2) is 0 Å². The summed E-state index contributed by atoms with van der Waals surface area (Å²) in [4.78, 5) is 34.7. The fourth-order valence-electron chi connectivity index (χ4n) is 1.50. The minimum absolute atomic E-state index is 0.0426. The van der Waals surface area contributed by atoms with Gasteiger partial charge < -0.3 is 15.3 Å². The van der Waals surface area contributed by atoms with Gasteiger partial charge in [0.05, 0.1) is 6.42 Å². The van der Waals surface area contributed by atoms with Crippen molar-refractivity contribution in [2.24, 2.45) is 5.92 Å². The molecule has 0 atom stereocenters. The molecule has 0 aromatic heterocycles. The van der Waals surface area contributed by atoms with Crippen molar-refractivity contribution in [2.45, 2.75) is 32.9 Å². The van der Waals surface area contributed by atoms with Crippen molar-refractivity contribution in [1.82, 2.24) is 10.2 Å². The zero-order chi connectivity index (χ0) is 16.6. The van der Waals surface area contributed by atoms with E-state index in [-0.39, 0.29) is 25.4 Å². The molecule has 21 heavy (non-hydrogen) atoms. The molecule has 0 aromatic rings. The number of amides is 2. The van der Waals surface area contributed by atoms with Crippen molar-refractivity contribution in [3.63, 3.8) is 0 Å². The Morgan fingerprint density at radius 3 is 2.24 bits per heavy atom. The maximum Gasteiger partial charge on any atom is 0.405 e. The van der Waals surface area contributed by atoms with Gasteiger partial charge >= 0.3 is 12.1 Å². The van der Waals surface area contributed by atoms with Crippen molar-refractivity contribution < 1.29 is 32.7 Å². The molecule has 2 N–H and O–H groups in total. The lowest BCUT2D eigenvalue weighted by atomic mass is 10.2. The molecule has 0 saturated carbocycles. The number of halogens is 3. The maximum atomic E-state index is 11.9. The summed E-state index contributed by atoms with van der Waals surface area (Å²) in [7, 11) is 0. The fraction of sp³-hybridized carbons (Fsp3) is 0.750. The second kappa shape index (κ2) is 8.48. The van der Waals surface area contributed by atoms with Gasteiger partial charge in [0.25, 0.3) is 0 Å². The first-order valence-electron chi connectivity index (χ1n) is 6.34. The van der Waals surface area contributed by atoms with E-state index in [9.17, 15) is 27.6 Å². The van der Waals surface area contributed by atoms with E-state index >= 15 is 0 Å². The second-order valence-corrected chi connectivity index (χ2v) is 4.95. The summed E-state index contributed by atoms with van der Waals surface area (Å²) in [5.74, 6) is -2.79. The molecule has 0 heterocycles. The predicted octanol–water partition coefficient (Wildman–Crippen LogP) is 1.01. The van der Waals surface area contributed by atoms with Crippen LogP contribution in [-0.4, -0.2) is 53.6 Å². The number of carbonyl (C=O) groups excluding carboxylic acids is 2. The highest BCUT2D eigenvalue weighted by Crippen LogP contribution is 2.12. The minimum Gasteiger partial charge on any atom is -0.481 e. The lowest BCUT2D eigenvalue weighted by Crippen LogP contribution is -2.40. The molecule has 0 aliphatic heterocycles. The highest BCUT2D eigenvalue weighted by molar-refractivity contribution is 5.97. The summed E-state index contributed by atoms with van der Waals surface area (Å²) in [6.45, 7) is 2.24. The van der Waals surface area contributed by atoms with Crippen LogP contribution in [0, 0.1) is 5.92 Å². The van der Waals surface area contributed by atoms with Crippen molar-refractivity contribution >= 4 is 17.8 Å². The van der Waals surface area contributed by atoms with Gasteiger partial charge in [0.2, 0.25) is 11.8 Å². The number of rotatable bonds is 8. The Hall–Kier alpha value is -1.80. The van der Waals surface area contributed by atoms with Crippen LogP contribution >= 0.6 is 0 Å². The van der Waals surface area contributed by atoms with E-state index < -0.39 is 36.9 Å². The fourth-order valence-corrected chi connectivity index (χ4v) is 1.50. The van der Waals surface area contributed by atoms with Gasteiger partial charge in [-0.3, -0.25) is 14.4 Å². The second-order valence-electron chi connectivity index (χ2n) is 4.95. The van der Waals surface area contributed by atoms with Gasteiger partial charge in [0.15, 0.2) is 0 Å². The summed E-state index contributed by atoms with van der Waals surface area (Å²) >= 11 is 0. The topological polar surface area (TPSA) is 86.7 Å². The number of hydrogen-bond donors (Lipinski definition) is 2. The largest absolute Gasteiger partial charge is 0.481 e. The quantitative estimate of drug-likeness (QED) is 0.655. The zero-order valence-corrected chi connectivity index (χ0v) is 11.9. The summed E-state index contributed by atoms with van der Waals surface area (Å²) in [5, 5.41) is 10.2. The molecule has 0 unspecified atom stereocenters. The van der Waals surface area contributed by atoms with Crippen molar-refractivity contribution in [2.75, 3.05) is 19.6 Å². The third-order valence-electron chi connectivity index (χ3n) is 2.33. The van der Waals surface area contributed by atoms with E-state index in [0.29, 0.717) is 0 Å². The van der Waals surface area contributed by atoms with Crippen molar-refractivity contribution in [3.05, 3.63) is 0 Å². The van der Waals surface area contributed by atoms with Gasteiger partial charge in [0.1, 0.15) is 13.0 Å². The van der Waals surface area contributed by atoms with Crippen molar-refractivity contribution in [3.8, 4) is 0 Å². The Labute approximate surface area is 120 Å². The lowest BCUT2D eigenvalue weighted by molar-refractivity contribution is -0.144. The van der Waals surface area contributed by atoms with Crippen LogP contribution in [0.1, 0.15) is 26.7 Å². The molecule has 0 aromatic carbocycles. The summed E-state index contributed by atoms with van der Waals surface area (Å²) in [6, 6.07) is 0. The molecule has 0 radical (unpaired) electrons. The molecule has 9 heteroatoms. The van der Waals surface area contributed by atoms with E-state index in [0.717, 1.165) is 0 Å². The Bertz CT molecular complexity index is 383. The third-order valence-corrected chi connectivity index (χ3v) is 2.33. The van der Waals surface area contributed by atoms with Crippen LogP contribution in [0.4, 0.5) is 13.2 Å². The number of carbonyl (C=O) groups is 3.